The van der Waals surface area contributed by atoms with E-state index in [1.165, 1.54) is 64.2 Å². The molecule has 3 N–H and O–H groups in total. The summed E-state index contributed by atoms with van der Waals surface area (Å²) in [5, 5.41) is 12.6. The average Bonchev–Trinajstić information content (AvgIpc) is 2.97. The van der Waals surface area contributed by atoms with Gasteiger partial charge in [-0.15, -0.1) is 0 Å². The first-order valence-corrected chi connectivity index (χ1v) is 18.2. The van der Waals surface area contributed by atoms with Crippen LogP contribution in [0.4, 0.5) is 0 Å². The van der Waals surface area contributed by atoms with Crippen molar-refractivity contribution in [3.8, 4) is 0 Å². The highest BCUT2D eigenvalue weighted by Crippen LogP contribution is 2.42. The van der Waals surface area contributed by atoms with E-state index in [1.807, 2.05) is 0 Å². The van der Waals surface area contributed by atoms with Crippen LogP contribution >= 0.6 is 7.82 Å². The van der Waals surface area contributed by atoms with E-state index in [9.17, 15) is 24.2 Å². The number of aliphatic hydroxyl groups is 1. The molecular formula is C32H62NO8P. The molecule has 0 fully saturated rings. The van der Waals surface area contributed by atoms with E-state index in [0.717, 1.165) is 57.8 Å². The van der Waals surface area contributed by atoms with Crippen molar-refractivity contribution in [2.45, 2.75) is 155 Å². The molecule has 0 aromatic rings. The lowest BCUT2D eigenvalue weighted by Gasteiger charge is -2.15. The summed E-state index contributed by atoms with van der Waals surface area (Å²) in [7, 11) is -4.39. The lowest BCUT2D eigenvalue weighted by atomic mass is 10.1. The van der Waals surface area contributed by atoms with Crippen LogP contribution in [0.1, 0.15) is 149 Å². The zero-order valence-electron chi connectivity index (χ0n) is 26.7. The van der Waals surface area contributed by atoms with Crippen molar-refractivity contribution < 1.29 is 37.9 Å². The highest BCUT2D eigenvalue weighted by Gasteiger charge is 2.23. The molecular weight excluding hydrogens is 557 g/mol. The number of phosphoric acid groups is 1. The first kappa shape index (κ1) is 40.8. The highest BCUT2D eigenvalue weighted by atomic mass is 31.2. The van der Waals surface area contributed by atoms with Gasteiger partial charge in [-0.3, -0.25) is 18.6 Å². The van der Waals surface area contributed by atoms with E-state index in [2.05, 4.69) is 31.3 Å². The largest absolute Gasteiger partial charge is 0.472 e. The van der Waals surface area contributed by atoms with E-state index in [0.29, 0.717) is 6.42 Å². The smallest absolute Gasteiger partial charge is 0.463 e. The number of ether oxygens (including phenoxy) is 1. The Kier molecular flexibility index (Phi) is 28.9. The Hall–Kier alpha value is -1.25. The van der Waals surface area contributed by atoms with Crippen LogP contribution in [0.15, 0.2) is 12.2 Å². The predicted octanol–water partition coefficient (Wildman–Crippen LogP) is 7.93. The molecule has 2 atom stereocenters. The van der Waals surface area contributed by atoms with Gasteiger partial charge in [0.05, 0.1) is 13.2 Å². The first-order valence-electron chi connectivity index (χ1n) is 16.7. The lowest BCUT2D eigenvalue weighted by Crippen LogP contribution is -2.27. The number of amides is 1. The normalized spacial score (nSPS) is 13.7. The molecule has 0 aromatic carbocycles. The minimum absolute atomic E-state index is 0.0830. The fourth-order valence-corrected chi connectivity index (χ4v) is 5.13. The number of carbonyl (C=O) groups excluding carboxylic acids is 2. The highest BCUT2D eigenvalue weighted by molar-refractivity contribution is 7.47. The number of phosphoric ester groups is 1. The second-order valence-corrected chi connectivity index (χ2v) is 12.6. The zero-order chi connectivity index (χ0) is 31.2. The number of esters is 1. The Morgan fingerprint density at radius 1 is 0.714 bits per heavy atom. The monoisotopic (exact) mass is 619 g/mol. The van der Waals surface area contributed by atoms with Crippen LogP contribution < -0.4 is 5.32 Å². The Morgan fingerprint density at radius 2 is 1.21 bits per heavy atom. The van der Waals surface area contributed by atoms with Gasteiger partial charge in [0.1, 0.15) is 12.7 Å². The maximum absolute atomic E-state index is 12.0. The van der Waals surface area contributed by atoms with Crippen LogP contribution in [-0.4, -0.2) is 54.3 Å². The Bertz CT molecular complexity index is 719. The average molecular weight is 620 g/mol. The summed E-state index contributed by atoms with van der Waals surface area (Å²) in [5.74, 6) is -0.531. The summed E-state index contributed by atoms with van der Waals surface area (Å²) in [6.07, 6.45) is 25.8. The van der Waals surface area contributed by atoms with Crippen molar-refractivity contribution in [3.63, 3.8) is 0 Å². The third kappa shape index (κ3) is 30.2. The maximum Gasteiger partial charge on any atom is 0.472 e. The molecule has 9 nitrogen and oxygen atoms in total. The third-order valence-corrected chi connectivity index (χ3v) is 7.93. The molecule has 1 amide bonds. The number of nitrogens with one attached hydrogen (secondary N) is 1. The van der Waals surface area contributed by atoms with E-state index < -0.39 is 26.5 Å². The number of carbonyl (C=O) groups is 2. The van der Waals surface area contributed by atoms with Crippen molar-refractivity contribution in [2.75, 3.05) is 26.4 Å². The van der Waals surface area contributed by atoms with Gasteiger partial charge in [0.15, 0.2) is 0 Å². The quantitative estimate of drug-likeness (QED) is 0.0309. The summed E-state index contributed by atoms with van der Waals surface area (Å²) < 4.78 is 26.6. The molecule has 42 heavy (non-hydrogen) atoms. The van der Waals surface area contributed by atoms with Gasteiger partial charge >= 0.3 is 13.8 Å². The fraction of sp³-hybridized carbons (Fsp3) is 0.875. The van der Waals surface area contributed by atoms with Crippen molar-refractivity contribution in [1.29, 1.82) is 0 Å². The molecule has 0 spiro atoms. The van der Waals surface area contributed by atoms with Gasteiger partial charge in [-0.25, -0.2) is 4.57 Å². The number of aliphatic hydroxyl groups excluding tert-OH is 1. The molecule has 0 saturated carbocycles. The predicted molar refractivity (Wildman–Crippen MR) is 169 cm³/mol. The summed E-state index contributed by atoms with van der Waals surface area (Å²) >= 11 is 0. The molecule has 0 radical (unpaired) electrons. The molecule has 0 aromatic heterocycles. The molecule has 0 heterocycles. The van der Waals surface area contributed by atoms with Crippen LogP contribution in [0.25, 0.3) is 0 Å². The second kappa shape index (κ2) is 29.8. The van der Waals surface area contributed by atoms with Crippen LogP contribution in [0.3, 0.4) is 0 Å². The standard InChI is InChI=1S/C32H62NO8P/c1-3-5-7-9-11-12-13-14-15-16-17-19-21-23-25-32(36)39-28-30(34)29-41-42(37,38)40-27-26-33-31(35)24-22-20-18-10-8-6-4-2/h13-14,30,34H,3-12,15-29H2,1-2H3,(H,33,35)(H,37,38)/b14-13-. The van der Waals surface area contributed by atoms with E-state index in [1.54, 1.807) is 0 Å². The number of rotatable bonds is 31. The summed E-state index contributed by atoms with van der Waals surface area (Å²) in [4.78, 5) is 33.5. The number of allylic oxidation sites excluding steroid dienone is 2. The van der Waals surface area contributed by atoms with Crippen molar-refractivity contribution in [2.24, 2.45) is 0 Å². The van der Waals surface area contributed by atoms with Gasteiger partial charge in [0.2, 0.25) is 5.91 Å². The Morgan fingerprint density at radius 3 is 1.79 bits per heavy atom. The molecule has 0 bridgehead atoms. The van der Waals surface area contributed by atoms with Crippen LogP contribution in [-0.2, 0) is 27.9 Å². The summed E-state index contributed by atoms with van der Waals surface area (Å²) in [6.45, 7) is 3.46. The second-order valence-electron chi connectivity index (χ2n) is 11.1. The lowest BCUT2D eigenvalue weighted by molar-refractivity contribution is -0.147. The SMILES string of the molecule is CCCCCCC/C=C\CCCCCCCC(=O)OCC(O)COP(=O)(O)OCCNC(=O)CCCCCCCCC. The third-order valence-electron chi connectivity index (χ3n) is 6.95. The molecule has 0 aliphatic heterocycles. The molecule has 0 aliphatic carbocycles. The van der Waals surface area contributed by atoms with Gasteiger partial charge < -0.3 is 20.1 Å². The fourth-order valence-electron chi connectivity index (χ4n) is 4.37. The van der Waals surface area contributed by atoms with Gasteiger partial charge in [0.25, 0.3) is 0 Å². The van der Waals surface area contributed by atoms with E-state index >= 15 is 0 Å². The van der Waals surface area contributed by atoms with E-state index in [4.69, 9.17) is 13.8 Å². The summed E-state index contributed by atoms with van der Waals surface area (Å²) in [5.41, 5.74) is 0. The maximum atomic E-state index is 12.0. The first-order chi connectivity index (χ1) is 20.3. The molecule has 0 saturated heterocycles. The van der Waals surface area contributed by atoms with Gasteiger partial charge in [0, 0.05) is 19.4 Å². The molecule has 0 aliphatic rings. The number of hydrogen-bond donors (Lipinski definition) is 3. The van der Waals surface area contributed by atoms with Gasteiger partial charge in [-0.2, -0.15) is 0 Å². The van der Waals surface area contributed by atoms with Crippen LogP contribution in [0, 0.1) is 0 Å². The minimum Gasteiger partial charge on any atom is -0.463 e. The topological polar surface area (TPSA) is 131 Å². The van der Waals surface area contributed by atoms with Crippen molar-refractivity contribution >= 4 is 19.7 Å². The number of hydrogen-bond acceptors (Lipinski definition) is 7. The van der Waals surface area contributed by atoms with Crippen LogP contribution in [0.5, 0.6) is 0 Å². The van der Waals surface area contributed by atoms with Crippen LogP contribution in [0.2, 0.25) is 0 Å². The molecule has 10 heteroatoms. The minimum atomic E-state index is -4.39. The van der Waals surface area contributed by atoms with Gasteiger partial charge in [-0.05, 0) is 38.5 Å². The van der Waals surface area contributed by atoms with Crippen molar-refractivity contribution in [1.82, 2.24) is 5.32 Å². The Balaban J connectivity index is 3.66. The summed E-state index contributed by atoms with van der Waals surface area (Å²) in [6, 6.07) is 0. The Labute approximate surface area is 256 Å². The van der Waals surface area contributed by atoms with Crippen molar-refractivity contribution in [3.05, 3.63) is 12.2 Å². The molecule has 0 rings (SSSR count). The van der Waals surface area contributed by atoms with E-state index in [-0.39, 0.29) is 32.1 Å². The zero-order valence-corrected chi connectivity index (χ0v) is 27.6. The number of unbranched alkanes of at least 4 members (excludes halogenated alkanes) is 16. The van der Waals surface area contributed by atoms with Gasteiger partial charge in [-0.1, -0.05) is 109 Å². The molecule has 2 unspecified atom stereocenters. The molecule has 248 valence electrons.